The Morgan fingerprint density at radius 3 is 2.48 bits per heavy atom. The number of likely N-dealkylation sites (N-methyl/N-ethyl adjacent to an activating group) is 2. The average molecular weight is 318 g/mol. The van der Waals surface area contributed by atoms with Crippen LogP contribution in [-0.2, 0) is 4.79 Å². The Balaban J connectivity index is 2.05. The topological polar surface area (TPSA) is 43.8 Å². The first-order valence-corrected chi connectivity index (χ1v) is 8.53. The monoisotopic (exact) mass is 318 g/mol. The Labute approximate surface area is 140 Å². The minimum Gasteiger partial charge on any atom is -0.390 e. The summed E-state index contributed by atoms with van der Waals surface area (Å²) >= 11 is 0. The van der Waals surface area contributed by atoms with Gasteiger partial charge in [0.1, 0.15) is 6.04 Å². The zero-order valence-corrected chi connectivity index (χ0v) is 14.9. The van der Waals surface area contributed by atoms with Crippen molar-refractivity contribution in [3.8, 4) is 0 Å². The van der Waals surface area contributed by atoms with Crippen LogP contribution < -0.4 is 0 Å². The summed E-state index contributed by atoms with van der Waals surface area (Å²) in [5.41, 5.74) is 1.61. The number of amides is 1. The second-order valence-electron chi connectivity index (χ2n) is 7.22. The number of nitrogens with zero attached hydrogens (tertiary/aromatic N) is 2. The van der Waals surface area contributed by atoms with Gasteiger partial charge in [0.2, 0.25) is 5.91 Å². The van der Waals surface area contributed by atoms with Crippen molar-refractivity contribution >= 4 is 5.91 Å². The van der Waals surface area contributed by atoms with Crippen molar-refractivity contribution in [3.63, 3.8) is 0 Å². The van der Waals surface area contributed by atoms with Gasteiger partial charge in [-0.05, 0) is 45.8 Å². The largest absolute Gasteiger partial charge is 0.390 e. The van der Waals surface area contributed by atoms with Crippen LogP contribution in [0.3, 0.4) is 0 Å². The molecule has 0 aromatic heterocycles. The van der Waals surface area contributed by atoms with Gasteiger partial charge < -0.3 is 10.0 Å². The Bertz CT molecular complexity index is 536. The fourth-order valence-corrected chi connectivity index (χ4v) is 3.48. The summed E-state index contributed by atoms with van der Waals surface area (Å²) in [4.78, 5) is 16.6. The highest BCUT2D eigenvalue weighted by atomic mass is 16.3. The van der Waals surface area contributed by atoms with Gasteiger partial charge in [-0.25, -0.2) is 0 Å². The van der Waals surface area contributed by atoms with Crippen LogP contribution in [0.2, 0.25) is 0 Å². The van der Waals surface area contributed by atoms with Crippen LogP contribution in [0, 0.1) is 6.92 Å². The molecule has 0 bridgehead atoms. The van der Waals surface area contributed by atoms with E-state index in [1.165, 1.54) is 0 Å². The molecule has 1 aromatic carbocycles. The maximum Gasteiger partial charge on any atom is 0.244 e. The molecule has 1 amide bonds. The van der Waals surface area contributed by atoms with E-state index in [1.54, 1.807) is 4.90 Å². The predicted molar refractivity (Wildman–Crippen MR) is 93.3 cm³/mol. The molecule has 4 heteroatoms. The lowest BCUT2D eigenvalue weighted by atomic mass is 9.97. The van der Waals surface area contributed by atoms with Gasteiger partial charge in [0.25, 0.3) is 0 Å². The second-order valence-corrected chi connectivity index (χ2v) is 7.22. The third kappa shape index (κ3) is 4.55. The first-order valence-electron chi connectivity index (χ1n) is 8.53. The molecular formula is C19H30N2O2. The Morgan fingerprint density at radius 2 is 1.91 bits per heavy atom. The number of aryl methyl sites for hydroxylation is 1. The lowest BCUT2D eigenvalue weighted by Gasteiger charge is -2.31. The summed E-state index contributed by atoms with van der Waals surface area (Å²) in [6, 6.07) is 7.84. The molecule has 1 atom stereocenters. The number of aliphatic hydroxyl groups is 1. The van der Waals surface area contributed by atoms with E-state index >= 15 is 0 Å². The highest BCUT2D eigenvalue weighted by molar-refractivity contribution is 5.83. The van der Waals surface area contributed by atoms with E-state index in [0.29, 0.717) is 13.0 Å². The highest BCUT2D eigenvalue weighted by Gasteiger charge is 2.32. The standard InChI is InChI=1S/C19H30N2O2/c1-15-8-7-9-16(14-15)17(20(2)3)18(22)21(4)13-12-19(23)10-5-6-11-19/h7-9,14,17,23H,5-6,10-13H2,1-4H3. The molecule has 0 heterocycles. The summed E-state index contributed by atoms with van der Waals surface area (Å²) < 4.78 is 0. The van der Waals surface area contributed by atoms with E-state index < -0.39 is 5.60 Å². The molecule has 1 aliphatic rings. The first-order chi connectivity index (χ1) is 10.8. The number of carbonyl (C=O) groups excluding carboxylic acids is 1. The average Bonchev–Trinajstić information content (AvgIpc) is 2.92. The van der Waals surface area contributed by atoms with Crippen molar-refractivity contribution in [2.75, 3.05) is 27.7 Å². The predicted octanol–water partition coefficient (Wildman–Crippen LogP) is 2.75. The quantitative estimate of drug-likeness (QED) is 0.877. The molecular weight excluding hydrogens is 288 g/mol. The number of carbonyl (C=O) groups is 1. The fraction of sp³-hybridized carbons (Fsp3) is 0.632. The van der Waals surface area contributed by atoms with Crippen LogP contribution in [-0.4, -0.2) is 54.1 Å². The van der Waals surface area contributed by atoms with Gasteiger partial charge in [0.05, 0.1) is 5.60 Å². The lowest BCUT2D eigenvalue weighted by Crippen LogP contribution is -2.41. The van der Waals surface area contributed by atoms with Crippen molar-refractivity contribution in [1.29, 1.82) is 0 Å². The summed E-state index contributed by atoms with van der Waals surface area (Å²) in [6.07, 6.45) is 4.59. The van der Waals surface area contributed by atoms with E-state index in [2.05, 4.69) is 6.07 Å². The summed E-state index contributed by atoms with van der Waals surface area (Å²) in [7, 11) is 5.71. The van der Waals surface area contributed by atoms with Gasteiger partial charge in [0.15, 0.2) is 0 Å². The minimum atomic E-state index is -0.564. The Kier molecular flexibility index (Phi) is 5.82. The van der Waals surface area contributed by atoms with E-state index in [1.807, 2.05) is 51.2 Å². The molecule has 128 valence electrons. The SMILES string of the molecule is Cc1cccc(C(C(=O)N(C)CCC2(O)CCCC2)N(C)C)c1. The zero-order chi connectivity index (χ0) is 17.0. The zero-order valence-electron chi connectivity index (χ0n) is 14.9. The maximum absolute atomic E-state index is 12.9. The number of rotatable bonds is 6. The second kappa shape index (κ2) is 7.45. The van der Waals surface area contributed by atoms with Crippen LogP contribution in [0.25, 0.3) is 0 Å². The molecule has 2 rings (SSSR count). The summed E-state index contributed by atoms with van der Waals surface area (Å²) in [6.45, 7) is 2.64. The van der Waals surface area contributed by atoms with Gasteiger partial charge >= 0.3 is 0 Å². The highest BCUT2D eigenvalue weighted by Crippen LogP contribution is 2.32. The van der Waals surface area contributed by atoms with Gasteiger partial charge in [-0.15, -0.1) is 0 Å². The van der Waals surface area contributed by atoms with Crippen LogP contribution >= 0.6 is 0 Å². The van der Waals surface area contributed by atoms with Gasteiger partial charge in [0, 0.05) is 13.6 Å². The molecule has 4 nitrogen and oxygen atoms in total. The van der Waals surface area contributed by atoms with Crippen molar-refractivity contribution in [1.82, 2.24) is 9.80 Å². The molecule has 23 heavy (non-hydrogen) atoms. The number of hydrogen-bond acceptors (Lipinski definition) is 3. The van der Waals surface area contributed by atoms with E-state index in [0.717, 1.165) is 36.8 Å². The van der Waals surface area contributed by atoms with Gasteiger partial charge in [-0.1, -0.05) is 42.7 Å². The van der Waals surface area contributed by atoms with Crippen molar-refractivity contribution in [2.45, 2.75) is 50.7 Å². The molecule has 0 radical (unpaired) electrons. The van der Waals surface area contributed by atoms with Crippen molar-refractivity contribution < 1.29 is 9.90 Å². The lowest BCUT2D eigenvalue weighted by molar-refractivity contribution is -0.135. The molecule has 1 fully saturated rings. The van der Waals surface area contributed by atoms with E-state index in [9.17, 15) is 9.90 Å². The molecule has 1 saturated carbocycles. The van der Waals surface area contributed by atoms with Crippen LogP contribution in [0.5, 0.6) is 0 Å². The minimum absolute atomic E-state index is 0.0854. The molecule has 0 spiro atoms. The van der Waals surface area contributed by atoms with Crippen LogP contribution in [0.4, 0.5) is 0 Å². The Morgan fingerprint density at radius 1 is 1.26 bits per heavy atom. The Hall–Kier alpha value is -1.39. The third-order valence-electron chi connectivity index (χ3n) is 4.93. The maximum atomic E-state index is 12.9. The molecule has 0 saturated heterocycles. The molecule has 1 aromatic rings. The first kappa shape index (κ1) is 18.0. The van der Waals surface area contributed by atoms with Crippen molar-refractivity contribution in [2.24, 2.45) is 0 Å². The summed E-state index contributed by atoms with van der Waals surface area (Å²) in [5, 5.41) is 10.5. The van der Waals surface area contributed by atoms with Crippen molar-refractivity contribution in [3.05, 3.63) is 35.4 Å². The van der Waals surface area contributed by atoms with Gasteiger partial charge in [-0.3, -0.25) is 9.69 Å². The molecule has 1 N–H and O–H groups in total. The third-order valence-corrected chi connectivity index (χ3v) is 4.93. The summed E-state index contributed by atoms with van der Waals surface area (Å²) in [5.74, 6) is 0.0854. The van der Waals surface area contributed by atoms with E-state index in [4.69, 9.17) is 0 Å². The van der Waals surface area contributed by atoms with E-state index in [-0.39, 0.29) is 11.9 Å². The van der Waals surface area contributed by atoms with Crippen LogP contribution in [0.15, 0.2) is 24.3 Å². The number of hydrogen-bond donors (Lipinski definition) is 1. The smallest absolute Gasteiger partial charge is 0.244 e. The van der Waals surface area contributed by atoms with Crippen LogP contribution in [0.1, 0.15) is 49.3 Å². The number of benzene rings is 1. The van der Waals surface area contributed by atoms with Gasteiger partial charge in [-0.2, -0.15) is 0 Å². The molecule has 1 unspecified atom stereocenters. The molecule has 1 aliphatic carbocycles. The molecule has 0 aliphatic heterocycles. The normalized spacial score (nSPS) is 18.2. The fourth-order valence-electron chi connectivity index (χ4n) is 3.48.